The molecule has 1 aliphatic rings. The fraction of sp³-hybridized carbons (Fsp3) is 0.133. The maximum atomic E-state index is 11.1. The molecule has 5 nitrogen and oxygen atoms in total. The van der Waals surface area contributed by atoms with Gasteiger partial charge in [0.15, 0.2) is 11.5 Å². The molecule has 2 N–H and O–H groups in total. The van der Waals surface area contributed by atoms with E-state index in [-0.39, 0.29) is 6.79 Å². The number of amides is 1. The first-order valence-corrected chi connectivity index (χ1v) is 6.13. The van der Waals surface area contributed by atoms with Crippen molar-refractivity contribution in [2.75, 3.05) is 6.79 Å². The normalized spacial score (nSPS) is 12.2. The van der Waals surface area contributed by atoms with E-state index in [1.165, 1.54) is 0 Å². The summed E-state index contributed by atoms with van der Waals surface area (Å²) in [4.78, 5) is 11.1. The summed E-state index contributed by atoms with van der Waals surface area (Å²) < 4.78 is 16.2. The van der Waals surface area contributed by atoms with Crippen molar-refractivity contribution in [1.82, 2.24) is 0 Å². The zero-order valence-corrected chi connectivity index (χ0v) is 10.7. The van der Waals surface area contributed by atoms with Crippen molar-refractivity contribution in [1.29, 1.82) is 0 Å². The Kier molecular flexibility index (Phi) is 3.16. The first-order chi connectivity index (χ1) is 9.72. The number of nitrogens with two attached hydrogens (primary N) is 1. The summed E-state index contributed by atoms with van der Waals surface area (Å²) >= 11 is 0. The van der Waals surface area contributed by atoms with Crippen LogP contribution in [0.15, 0.2) is 42.5 Å². The van der Waals surface area contributed by atoms with Crippen LogP contribution in [-0.4, -0.2) is 12.7 Å². The fourth-order valence-electron chi connectivity index (χ4n) is 1.94. The number of ether oxygens (including phenoxy) is 3. The van der Waals surface area contributed by atoms with E-state index in [0.29, 0.717) is 17.9 Å². The standard InChI is InChI=1S/C15H13NO4/c16-15(17)11-2-1-3-12(7-11)18-8-10-4-5-13-14(6-10)20-9-19-13/h1-7H,8-9H2,(H2,16,17). The monoisotopic (exact) mass is 271 g/mol. The molecule has 2 aromatic carbocycles. The van der Waals surface area contributed by atoms with Crippen LogP contribution >= 0.6 is 0 Å². The molecule has 20 heavy (non-hydrogen) atoms. The van der Waals surface area contributed by atoms with E-state index in [1.54, 1.807) is 24.3 Å². The van der Waals surface area contributed by atoms with Gasteiger partial charge in [-0.15, -0.1) is 0 Å². The Balaban J connectivity index is 1.70. The second-order valence-electron chi connectivity index (χ2n) is 4.37. The van der Waals surface area contributed by atoms with E-state index in [1.807, 2.05) is 18.2 Å². The highest BCUT2D eigenvalue weighted by Crippen LogP contribution is 2.32. The summed E-state index contributed by atoms with van der Waals surface area (Å²) in [5, 5.41) is 0. The molecule has 0 saturated carbocycles. The summed E-state index contributed by atoms with van der Waals surface area (Å²) in [6.07, 6.45) is 0. The Morgan fingerprint density at radius 2 is 2.00 bits per heavy atom. The number of benzene rings is 2. The zero-order chi connectivity index (χ0) is 13.9. The maximum Gasteiger partial charge on any atom is 0.248 e. The average molecular weight is 271 g/mol. The molecule has 0 atom stereocenters. The lowest BCUT2D eigenvalue weighted by Gasteiger charge is -2.07. The highest BCUT2D eigenvalue weighted by Gasteiger charge is 2.13. The van der Waals surface area contributed by atoms with Gasteiger partial charge in [0.05, 0.1) is 0 Å². The van der Waals surface area contributed by atoms with Crippen LogP contribution in [0, 0.1) is 0 Å². The van der Waals surface area contributed by atoms with E-state index in [2.05, 4.69) is 0 Å². The third-order valence-electron chi connectivity index (χ3n) is 2.96. The van der Waals surface area contributed by atoms with Crippen LogP contribution in [0.3, 0.4) is 0 Å². The van der Waals surface area contributed by atoms with Crippen molar-refractivity contribution in [3.8, 4) is 17.2 Å². The Hall–Kier alpha value is -2.69. The molecule has 0 aromatic heterocycles. The Bertz CT molecular complexity index is 654. The number of carbonyl (C=O) groups is 1. The predicted molar refractivity (Wildman–Crippen MR) is 71.9 cm³/mol. The summed E-state index contributed by atoms with van der Waals surface area (Å²) in [5.74, 6) is 1.58. The Labute approximate surface area is 115 Å². The first kappa shape index (κ1) is 12.3. The number of hydrogen-bond acceptors (Lipinski definition) is 4. The van der Waals surface area contributed by atoms with Gasteiger partial charge in [0, 0.05) is 5.56 Å². The summed E-state index contributed by atoms with van der Waals surface area (Å²) in [6.45, 7) is 0.624. The molecule has 1 amide bonds. The van der Waals surface area contributed by atoms with E-state index < -0.39 is 5.91 Å². The summed E-state index contributed by atoms with van der Waals surface area (Å²) in [5.41, 5.74) is 6.61. The van der Waals surface area contributed by atoms with Gasteiger partial charge in [0.1, 0.15) is 12.4 Å². The van der Waals surface area contributed by atoms with E-state index in [4.69, 9.17) is 19.9 Å². The molecule has 0 aliphatic carbocycles. The van der Waals surface area contributed by atoms with Crippen LogP contribution in [0.2, 0.25) is 0 Å². The van der Waals surface area contributed by atoms with Crippen LogP contribution in [0.1, 0.15) is 15.9 Å². The van der Waals surface area contributed by atoms with Crippen molar-refractivity contribution < 1.29 is 19.0 Å². The highest BCUT2D eigenvalue weighted by molar-refractivity contribution is 5.93. The van der Waals surface area contributed by atoms with Crippen molar-refractivity contribution >= 4 is 5.91 Å². The van der Waals surface area contributed by atoms with Gasteiger partial charge in [-0.2, -0.15) is 0 Å². The Morgan fingerprint density at radius 1 is 1.15 bits per heavy atom. The predicted octanol–water partition coefficient (Wildman–Crippen LogP) is 2.09. The molecule has 0 fully saturated rings. The fourth-order valence-corrected chi connectivity index (χ4v) is 1.94. The van der Waals surface area contributed by atoms with Gasteiger partial charge >= 0.3 is 0 Å². The van der Waals surface area contributed by atoms with Crippen LogP contribution in [0.5, 0.6) is 17.2 Å². The lowest BCUT2D eigenvalue weighted by Crippen LogP contribution is -2.10. The number of fused-ring (bicyclic) bond motifs is 1. The zero-order valence-electron chi connectivity index (χ0n) is 10.7. The van der Waals surface area contributed by atoms with Gasteiger partial charge < -0.3 is 19.9 Å². The van der Waals surface area contributed by atoms with Crippen molar-refractivity contribution in [2.45, 2.75) is 6.61 Å². The molecule has 0 radical (unpaired) electrons. The first-order valence-electron chi connectivity index (χ1n) is 6.13. The second-order valence-corrected chi connectivity index (χ2v) is 4.37. The molecular weight excluding hydrogens is 258 g/mol. The second kappa shape index (κ2) is 5.13. The smallest absolute Gasteiger partial charge is 0.248 e. The molecule has 1 aliphatic heterocycles. The number of carbonyl (C=O) groups excluding carboxylic acids is 1. The molecule has 0 spiro atoms. The van der Waals surface area contributed by atoms with Gasteiger partial charge in [-0.3, -0.25) is 4.79 Å². The van der Waals surface area contributed by atoms with Gasteiger partial charge in [-0.1, -0.05) is 12.1 Å². The lowest BCUT2D eigenvalue weighted by atomic mass is 10.2. The van der Waals surface area contributed by atoms with E-state index in [9.17, 15) is 4.79 Å². The quantitative estimate of drug-likeness (QED) is 0.924. The van der Waals surface area contributed by atoms with Crippen LogP contribution in [0.25, 0.3) is 0 Å². The number of hydrogen-bond donors (Lipinski definition) is 1. The summed E-state index contributed by atoms with van der Waals surface area (Å²) in [6, 6.07) is 12.4. The lowest BCUT2D eigenvalue weighted by molar-refractivity contribution is 0.1000. The molecule has 0 bridgehead atoms. The molecule has 0 unspecified atom stereocenters. The molecule has 0 saturated heterocycles. The molecule has 2 aromatic rings. The SMILES string of the molecule is NC(=O)c1cccc(OCc2ccc3c(c2)OCO3)c1. The van der Waals surface area contributed by atoms with Crippen molar-refractivity contribution in [3.63, 3.8) is 0 Å². The minimum Gasteiger partial charge on any atom is -0.489 e. The molecule has 1 heterocycles. The molecule has 102 valence electrons. The van der Waals surface area contributed by atoms with E-state index >= 15 is 0 Å². The van der Waals surface area contributed by atoms with Crippen molar-refractivity contribution in [3.05, 3.63) is 53.6 Å². The van der Waals surface area contributed by atoms with Gasteiger partial charge in [0.25, 0.3) is 0 Å². The average Bonchev–Trinajstić information content (AvgIpc) is 2.93. The van der Waals surface area contributed by atoms with Crippen LogP contribution in [0.4, 0.5) is 0 Å². The highest BCUT2D eigenvalue weighted by atomic mass is 16.7. The van der Waals surface area contributed by atoms with Gasteiger partial charge in [-0.25, -0.2) is 0 Å². The molecular formula is C15H13NO4. The Morgan fingerprint density at radius 3 is 2.85 bits per heavy atom. The topological polar surface area (TPSA) is 70.8 Å². The molecule has 3 rings (SSSR count). The third kappa shape index (κ3) is 2.51. The third-order valence-corrected chi connectivity index (χ3v) is 2.96. The van der Waals surface area contributed by atoms with Crippen molar-refractivity contribution in [2.24, 2.45) is 5.73 Å². The maximum absolute atomic E-state index is 11.1. The van der Waals surface area contributed by atoms with Crippen LogP contribution < -0.4 is 19.9 Å². The van der Waals surface area contributed by atoms with Gasteiger partial charge in [-0.05, 0) is 35.9 Å². The minimum atomic E-state index is -0.474. The van der Waals surface area contributed by atoms with E-state index in [0.717, 1.165) is 17.1 Å². The van der Waals surface area contributed by atoms with Crippen LogP contribution in [-0.2, 0) is 6.61 Å². The summed E-state index contributed by atoms with van der Waals surface area (Å²) in [7, 11) is 0. The number of primary amides is 1. The minimum absolute atomic E-state index is 0.250. The largest absolute Gasteiger partial charge is 0.489 e. The molecule has 5 heteroatoms. The van der Waals surface area contributed by atoms with Gasteiger partial charge in [0.2, 0.25) is 12.7 Å². The number of rotatable bonds is 4.